The summed E-state index contributed by atoms with van der Waals surface area (Å²) in [7, 11) is 1.71. The summed E-state index contributed by atoms with van der Waals surface area (Å²) in [6, 6.07) is 7.84. The van der Waals surface area contributed by atoms with Crippen LogP contribution in [0.15, 0.2) is 48.9 Å². The molecular weight excluding hydrogens is 450 g/mol. The highest BCUT2D eigenvalue weighted by Crippen LogP contribution is 2.40. The first-order valence-electron chi connectivity index (χ1n) is 11.7. The van der Waals surface area contributed by atoms with Crippen molar-refractivity contribution < 1.29 is 13.5 Å². The molecule has 35 heavy (non-hydrogen) atoms. The topological polar surface area (TPSA) is 90.4 Å². The standard InChI is InChI=1S/C26H28F2N6O/c1-14-8-19(27)24(20(28)9-14)22-5-4-17-12-31-26(34(17)33-22)32-23-13-30-7-6-18(23)16-10-15(2)25(35-3)21(29)11-16/h4-9,12-13,15-16,21,25H,10-11,29H2,1-3H3,(H,31,32)/t15-,16+,21+,25-/m0/s1. The lowest BCUT2D eigenvalue weighted by Gasteiger charge is -2.38. The molecule has 1 saturated carbocycles. The van der Waals surface area contributed by atoms with Crippen molar-refractivity contribution in [3.05, 3.63) is 71.7 Å². The van der Waals surface area contributed by atoms with E-state index < -0.39 is 11.6 Å². The van der Waals surface area contributed by atoms with Crippen molar-refractivity contribution in [1.82, 2.24) is 19.6 Å². The van der Waals surface area contributed by atoms with E-state index in [1.807, 2.05) is 6.07 Å². The highest BCUT2D eigenvalue weighted by Gasteiger charge is 2.35. The molecule has 3 aromatic heterocycles. The van der Waals surface area contributed by atoms with Gasteiger partial charge in [0, 0.05) is 19.3 Å². The smallest absolute Gasteiger partial charge is 0.229 e. The maximum Gasteiger partial charge on any atom is 0.229 e. The van der Waals surface area contributed by atoms with Crippen LogP contribution in [-0.4, -0.2) is 38.8 Å². The number of hydrogen-bond acceptors (Lipinski definition) is 6. The number of rotatable bonds is 5. The molecule has 7 nitrogen and oxygen atoms in total. The lowest BCUT2D eigenvalue weighted by molar-refractivity contribution is 0.00984. The van der Waals surface area contributed by atoms with Gasteiger partial charge in [-0.15, -0.1) is 0 Å². The minimum Gasteiger partial charge on any atom is -0.380 e. The summed E-state index contributed by atoms with van der Waals surface area (Å²) >= 11 is 0. The average Bonchev–Trinajstić information content (AvgIpc) is 3.20. The lowest BCUT2D eigenvalue weighted by atomic mass is 9.74. The highest BCUT2D eigenvalue weighted by atomic mass is 19.1. The quantitative estimate of drug-likeness (QED) is 0.421. The number of aryl methyl sites for hydroxylation is 1. The van der Waals surface area contributed by atoms with Crippen LogP contribution in [0.1, 0.15) is 36.8 Å². The summed E-state index contributed by atoms with van der Waals surface area (Å²) in [6.07, 6.45) is 6.92. The third-order valence-electron chi connectivity index (χ3n) is 6.84. The highest BCUT2D eigenvalue weighted by molar-refractivity contribution is 5.66. The van der Waals surface area contributed by atoms with Crippen molar-refractivity contribution in [3.63, 3.8) is 0 Å². The van der Waals surface area contributed by atoms with Gasteiger partial charge in [-0.2, -0.15) is 9.61 Å². The first-order chi connectivity index (χ1) is 16.9. The molecule has 4 atom stereocenters. The Hall–Kier alpha value is -3.43. The van der Waals surface area contributed by atoms with Crippen LogP contribution in [0, 0.1) is 24.5 Å². The van der Waals surface area contributed by atoms with E-state index in [-0.39, 0.29) is 29.3 Å². The third-order valence-corrected chi connectivity index (χ3v) is 6.84. The van der Waals surface area contributed by atoms with Gasteiger partial charge in [-0.1, -0.05) is 6.92 Å². The molecule has 4 aromatic rings. The number of nitrogens with two attached hydrogens (primary N) is 1. The van der Waals surface area contributed by atoms with Crippen molar-refractivity contribution in [3.8, 4) is 11.3 Å². The van der Waals surface area contributed by atoms with E-state index in [9.17, 15) is 8.78 Å². The van der Waals surface area contributed by atoms with Crippen molar-refractivity contribution in [1.29, 1.82) is 0 Å². The van der Waals surface area contributed by atoms with Crippen LogP contribution >= 0.6 is 0 Å². The second-order valence-electron chi connectivity index (χ2n) is 9.34. The number of ether oxygens (including phenoxy) is 1. The number of methoxy groups -OCH3 is 1. The Bertz CT molecular complexity index is 1340. The van der Waals surface area contributed by atoms with Gasteiger partial charge in [0.15, 0.2) is 0 Å². The molecule has 0 spiro atoms. The molecule has 5 rings (SSSR count). The third kappa shape index (κ3) is 4.37. The Morgan fingerprint density at radius 3 is 2.60 bits per heavy atom. The number of anilines is 2. The van der Waals surface area contributed by atoms with Crippen molar-refractivity contribution in [2.45, 2.75) is 44.8 Å². The second kappa shape index (κ2) is 9.31. The van der Waals surface area contributed by atoms with E-state index in [0.29, 0.717) is 22.9 Å². The van der Waals surface area contributed by atoms with Crippen molar-refractivity contribution >= 4 is 17.2 Å². The minimum absolute atomic E-state index is 0.0333. The second-order valence-corrected chi connectivity index (χ2v) is 9.34. The molecule has 0 bridgehead atoms. The van der Waals surface area contributed by atoms with Gasteiger partial charge in [0.2, 0.25) is 5.95 Å². The molecule has 0 unspecified atom stereocenters. The van der Waals surface area contributed by atoms with E-state index in [1.165, 1.54) is 12.1 Å². The fourth-order valence-corrected chi connectivity index (χ4v) is 5.26. The number of aromatic nitrogens is 4. The van der Waals surface area contributed by atoms with Crippen LogP contribution in [0.4, 0.5) is 20.4 Å². The van der Waals surface area contributed by atoms with E-state index in [4.69, 9.17) is 10.5 Å². The van der Waals surface area contributed by atoms with Crippen LogP contribution in [0.2, 0.25) is 0 Å². The van der Waals surface area contributed by atoms with E-state index in [0.717, 1.165) is 24.1 Å². The van der Waals surface area contributed by atoms with Gasteiger partial charge in [-0.05, 0) is 73.1 Å². The first kappa shape index (κ1) is 23.3. The molecule has 3 N–H and O–H groups in total. The van der Waals surface area contributed by atoms with E-state index >= 15 is 0 Å². The predicted octanol–water partition coefficient (Wildman–Crippen LogP) is 4.98. The molecule has 0 radical (unpaired) electrons. The number of imidazole rings is 1. The van der Waals surface area contributed by atoms with Gasteiger partial charge in [0.1, 0.15) is 11.6 Å². The van der Waals surface area contributed by atoms with Crippen molar-refractivity contribution in [2.24, 2.45) is 11.7 Å². The van der Waals surface area contributed by atoms with Crippen LogP contribution < -0.4 is 11.1 Å². The lowest BCUT2D eigenvalue weighted by Crippen LogP contribution is -2.45. The molecular formula is C26H28F2N6O. The normalized spacial score (nSPS) is 22.5. The average molecular weight is 479 g/mol. The number of hydrogen-bond donors (Lipinski definition) is 2. The fourth-order valence-electron chi connectivity index (χ4n) is 5.26. The van der Waals surface area contributed by atoms with Crippen LogP contribution in [-0.2, 0) is 4.74 Å². The number of nitrogens with one attached hydrogen (secondary N) is 1. The first-order valence-corrected chi connectivity index (χ1v) is 11.7. The van der Waals surface area contributed by atoms with E-state index in [1.54, 1.807) is 49.3 Å². The number of halogens is 2. The van der Waals surface area contributed by atoms with E-state index in [2.05, 4.69) is 27.3 Å². The summed E-state index contributed by atoms with van der Waals surface area (Å²) in [5.74, 6) is -0.355. The zero-order valence-corrected chi connectivity index (χ0v) is 19.9. The molecule has 9 heteroatoms. The molecule has 0 amide bonds. The van der Waals surface area contributed by atoms with Gasteiger partial charge in [0.25, 0.3) is 0 Å². The summed E-state index contributed by atoms with van der Waals surface area (Å²) in [5.41, 5.74) is 9.50. The maximum absolute atomic E-state index is 14.6. The molecule has 1 aliphatic carbocycles. The fraction of sp³-hybridized carbons (Fsp3) is 0.346. The Morgan fingerprint density at radius 2 is 1.89 bits per heavy atom. The van der Waals surface area contributed by atoms with Crippen LogP contribution in [0.5, 0.6) is 0 Å². The SMILES string of the molecule is CO[C@@H]1[C@H](N)C[C@H](c2ccncc2Nc2ncc3ccc(-c4c(F)cc(C)cc4F)nn23)C[C@@H]1C. The van der Waals surface area contributed by atoms with Crippen LogP contribution in [0.3, 0.4) is 0 Å². The molecule has 0 saturated heterocycles. The van der Waals surface area contributed by atoms with Gasteiger partial charge < -0.3 is 15.8 Å². The molecule has 1 aliphatic rings. The monoisotopic (exact) mass is 478 g/mol. The summed E-state index contributed by atoms with van der Waals surface area (Å²) in [5, 5.41) is 7.83. The number of benzene rings is 1. The molecule has 1 aromatic carbocycles. The maximum atomic E-state index is 14.6. The number of pyridine rings is 1. The van der Waals surface area contributed by atoms with Gasteiger partial charge in [0.05, 0.1) is 41.0 Å². The van der Waals surface area contributed by atoms with Crippen molar-refractivity contribution in [2.75, 3.05) is 12.4 Å². The van der Waals surface area contributed by atoms with Gasteiger partial charge in [-0.25, -0.2) is 13.8 Å². The predicted molar refractivity (Wildman–Crippen MR) is 131 cm³/mol. The molecule has 1 fully saturated rings. The Balaban J connectivity index is 1.49. The Kier molecular flexibility index (Phi) is 6.21. The number of nitrogens with zero attached hydrogens (tertiary/aromatic N) is 4. The minimum atomic E-state index is -0.657. The van der Waals surface area contributed by atoms with Crippen LogP contribution in [0.25, 0.3) is 16.8 Å². The largest absolute Gasteiger partial charge is 0.380 e. The zero-order valence-electron chi connectivity index (χ0n) is 19.9. The molecule has 3 heterocycles. The Morgan fingerprint density at radius 1 is 1.11 bits per heavy atom. The summed E-state index contributed by atoms with van der Waals surface area (Å²) in [4.78, 5) is 8.75. The number of fused-ring (bicyclic) bond motifs is 1. The van der Waals surface area contributed by atoms with Gasteiger partial charge >= 0.3 is 0 Å². The summed E-state index contributed by atoms with van der Waals surface area (Å²) < 4.78 is 36.3. The Labute approximate surface area is 202 Å². The zero-order chi connectivity index (χ0) is 24.7. The summed E-state index contributed by atoms with van der Waals surface area (Å²) in [6.45, 7) is 3.80. The van der Waals surface area contributed by atoms with Gasteiger partial charge in [-0.3, -0.25) is 4.98 Å². The molecule has 182 valence electrons. The molecule has 0 aliphatic heterocycles.